The fourth-order valence-corrected chi connectivity index (χ4v) is 7.07. The van der Waals surface area contributed by atoms with Crippen LogP contribution in [0.15, 0.2) is 60.7 Å². The SMILES string of the molecule is CCCCc1nc2c(N)nc3ccccc3c2n1Cc1ccc(CNC(=O)C(CCCNC(N)=O)NC(=O)C(NC(=O)CCCCCN2C(=O)C=CC2=O)C(C)C)cc1. The standard InChI is InChI=1S/C43H56N10O6/c1-4-5-15-33-50-38-39(30-12-8-9-13-31(30)48-40(38)44)53(33)26-29-19-17-28(18-20-29)25-47-41(57)32(14-11-23-46-43(45)59)49-42(58)37(27(2)3)51-34(54)16-7-6-10-24-52-35(55)21-22-36(52)56/h8-9,12-13,17-22,27,32,37H,4-7,10-11,14-16,23-26H2,1-3H3,(H2,44,48)(H,47,57)(H,49,58)(H,51,54)(H3,45,46,59). The van der Waals surface area contributed by atoms with Crippen LogP contribution in [0.3, 0.4) is 0 Å². The van der Waals surface area contributed by atoms with Gasteiger partial charge in [-0.1, -0.05) is 76.1 Å². The number of nitrogens with zero attached hydrogens (tertiary/aromatic N) is 4. The predicted octanol–water partition coefficient (Wildman–Crippen LogP) is 3.73. The van der Waals surface area contributed by atoms with Gasteiger partial charge in [-0.3, -0.25) is 28.9 Å². The van der Waals surface area contributed by atoms with Gasteiger partial charge >= 0.3 is 6.03 Å². The quantitative estimate of drug-likeness (QED) is 0.0501. The van der Waals surface area contributed by atoms with Crippen LogP contribution in [-0.4, -0.2) is 80.2 Å². The average Bonchev–Trinajstić information content (AvgIpc) is 3.74. The molecule has 8 N–H and O–H groups in total. The van der Waals surface area contributed by atoms with Gasteiger partial charge in [0.15, 0.2) is 5.82 Å². The second kappa shape index (κ2) is 20.9. The number of amides is 7. The number of anilines is 1. The maximum absolute atomic E-state index is 13.6. The third kappa shape index (κ3) is 11.9. The van der Waals surface area contributed by atoms with Crippen LogP contribution < -0.4 is 32.7 Å². The number of fused-ring (bicyclic) bond motifs is 3. The molecule has 2 unspecified atom stereocenters. The number of benzene rings is 2. The number of carbonyl (C=O) groups excluding carboxylic acids is 6. The van der Waals surface area contributed by atoms with Crippen molar-refractivity contribution >= 4 is 63.3 Å². The molecule has 16 heteroatoms. The lowest BCUT2D eigenvalue weighted by molar-refractivity contribution is -0.137. The number of rotatable bonds is 22. The van der Waals surface area contributed by atoms with Gasteiger partial charge in [-0.25, -0.2) is 14.8 Å². The maximum Gasteiger partial charge on any atom is 0.312 e. The van der Waals surface area contributed by atoms with Crippen LogP contribution in [0.2, 0.25) is 0 Å². The Morgan fingerprint density at radius 3 is 2.22 bits per heavy atom. The number of imide groups is 1. The molecule has 3 heterocycles. The Morgan fingerprint density at radius 1 is 0.814 bits per heavy atom. The lowest BCUT2D eigenvalue weighted by atomic mass is 10.0. The zero-order valence-corrected chi connectivity index (χ0v) is 34.1. The summed E-state index contributed by atoms with van der Waals surface area (Å²) in [4.78, 5) is 85.5. The first kappa shape index (κ1) is 43.8. The van der Waals surface area contributed by atoms with E-state index in [4.69, 9.17) is 16.5 Å². The first-order valence-electron chi connectivity index (χ1n) is 20.4. The highest BCUT2D eigenvalue weighted by atomic mass is 16.2. The number of nitrogens with two attached hydrogens (primary N) is 2. The molecule has 1 aliphatic heterocycles. The molecule has 0 saturated carbocycles. The largest absolute Gasteiger partial charge is 0.382 e. The van der Waals surface area contributed by atoms with E-state index in [1.807, 2.05) is 48.5 Å². The van der Waals surface area contributed by atoms with Gasteiger partial charge in [-0.05, 0) is 55.2 Å². The van der Waals surface area contributed by atoms with Crippen molar-refractivity contribution in [2.75, 3.05) is 18.8 Å². The molecule has 5 rings (SSSR count). The minimum atomic E-state index is -0.951. The summed E-state index contributed by atoms with van der Waals surface area (Å²) in [5, 5.41) is 12.1. The van der Waals surface area contributed by atoms with Crippen LogP contribution in [0.25, 0.3) is 21.9 Å². The fourth-order valence-electron chi connectivity index (χ4n) is 7.07. The lowest BCUT2D eigenvalue weighted by Gasteiger charge is -2.25. The monoisotopic (exact) mass is 808 g/mol. The Kier molecular flexibility index (Phi) is 15.5. The molecule has 314 valence electrons. The fraction of sp³-hybridized carbons (Fsp3) is 0.442. The summed E-state index contributed by atoms with van der Waals surface area (Å²) in [6.07, 6.45) is 7.69. The van der Waals surface area contributed by atoms with Crippen molar-refractivity contribution < 1.29 is 28.8 Å². The number of urea groups is 1. The molecule has 0 aliphatic carbocycles. The Hall–Kier alpha value is -6.32. The van der Waals surface area contributed by atoms with Crippen LogP contribution in [0.5, 0.6) is 0 Å². The number of imidazole rings is 1. The van der Waals surface area contributed by atoms with Gasteiger partial charge < -0.3 is 37.3 Å². The molecular weight excluding hydrogens is 753 g/mol. The van der Waals surface area contributed by atoms with Crippen LogP contribution in [0.4, 0.5) is 10.6 Å². The summed E-state index contributed by atoms with van der Waals surface area (Å²) < 4.78 is 2.22. The molecule has 2 atom stereocenters. The number of primary amides is 1. The third-order valence-electron chi connectivity index (χ3n) is 10.3. The first-order valence-corrected chi connectivity index (χ1v) is 20.4. The highest BCUT2D eigenvalue weighted by molar-refractivity contribution is 6.12. The van der Waals surface area contributed by atoms with Crippen LogP contribution >= 0.6 is 0 Å². The van der Waals surface area contributed by atoms with Crippen molar-refractivity contribution in [2.45, 2.75) is 104 Å². The average molecular weight is 809 g/mol. The first-order chi connectivity index (χ1) is 28.4. The molecule has 16 nitrogen and oxygen atoms in total. The van der Waals surface area contributed by atoms with E-state index < -0.39 is 29.9 Å². The summed E-state index contributed by atoms with van der Waals surface area (Å²) in [6.45, 7) is 7.01. The molecule has 2 aromatic carbocycles. The highest BCUT2D eigenvalue weighted by Gasteiger charge is 2.29. The predicted molar refractivity (Wildman–Crippen MR) is 225 cm³/mol. The second-order valence-electron chi connectivity index (χ2n) is 15.2. The van der Waals surface area contributed by atoms with Gasteiger partial charge in [0.25, 0.3) is 11.8 Å². The number of aryl methyl sites for hydroxylation is 1. The molecular formula is C43H56N10O6. The summed E-state index contributed by atoms with van der Waals surface area (Å²) in [6, 6.07) is 13.3. The van der Waals surface area contributed by atoms with E-state index in [1.165, 1.54) is 12.2 Å². The smallest absolute Gasteiger partial charge is 0.312 e. The number of unbranched alkanes of at least 4 members (excludes halogenated alkanes) is 3. The number of hydrogen-bond acceptors (Lipinski definition) is 9. The summed E-state index contributed by atoms with van der Waals surface area (Å²) in [7, 11) is 0. The normalized spacial score (nSPS) is 13.6. The van der Waals surface area contributed by atoms with E-state index in [0.29, 0.717) is 43.6 Å². The Balaban J connectivity index is 1.19. The molecule has 0 bridgehead atoms. The number of carbonyl (C=O) groups is 6. The third-order valence-corrected chi connectivity index (χ3v) is 10.3. The number of nitrogens with one attached hydrogen (secondary N) is 4. The minimum Gasteiger partial charge on any atom is -0.382 e. The molecule has 7 amide bonds. The highest BCUT2D eigenvalue weighted by Crippen LogP contribution is 2.30. The Labute approximate surface area is 343 Å². The van der Waals surface area contributed by atoms with Gasteiger partial charge in [0, 0.05) is 56.6 Å². The summed E-state index contributed by atoms with van der Waals surface area (Å²) in [5.41, 5.74) is 16.0. The van der Waals surface area contributed by atoms with Crippen LogP contribution in [-0.2, 0) is 43.5 Å². The molecule has 0 saturated heterocycles. The molecule has 1 aliphatic rings. The molecule has 0 spiro atoms. The van der Waals surface area contributed by atoms with Crippen molar-refractivity contribution in [3.63, 3.8) is 0 Å². The minimum absolute atomic E-state index is 0.153. The zero-order chi connectivity index (χ0) is 42.5. The van der Waals surface area contributed by atoms with Crippen molar-refractivity contribution in [1.82, 2.24) is 40.7 Å². The van der Waals surface area contributed by atoms with Gasteiger partial charge in [0.1, 0.15) is 23.4 Å². The summed E-state index contributed by atoms with van der Waals surface area (Å²) in [5.74, 6) is -0.851. The number of nitrogen functional groups attached to an aromatic ring is 1. The van der Waals surface area contributed by atoms with Crippen LogP contribution in [0.1, 0.15) is 89.1 Å². The van der Waals surface area contributed by atoms with E-state index in [9.17, 15) is 28.8 Å². The van der Waals surface area contributed by atoms with Crippen LogP contribution in [0, 0.1) is 5.92 Å². The van der Waals surface area contributed by atoms with E-state index in [2.05, 4.69) is 37.7 Å². The number of hydrogen-bond donors (Lipinski definition) is 6. The van der Waals surface area contributed by atoms with Gasteiger partial charge in [-0.2, -0.15) is 0 Å². The zero-order valence-electron chi connectivity index (χ0n) is 34.1. The van der Waals surface area contributed by atoms with Crippen molar-refractivity contribution in [1.29, 1.82) is 0 Å². The molecule has 2 aromatic heterocycles. The van der Waals surface area contributed by atoms with Crippen molar-refractivity contribution in [3.8, 4) is 0 Å². The Bertz CT molecular complexity index is 2160. The lowest BCUT2D eigenvalue weighted by Crippen LogP contribution is -2.55. The van der Waals surface area contributed by atoms with Crippen molar-refractivity contribution in [2.24, 2.45) is 11.7 Å². The molecule has 4 aromatic rings. The van der Waals surface area contributed by atoms with Crippen molar-refractivity contribution in [3.05, 3.63) is 77.6 Å². The van der Waals surface area contributed by atoms with Gasteiger partial charge in [0.05, 0.1) is 11.0 Å². The number of para-hydroxylation sites is 1. The van der Waals surface area contributed by atoms with E-state index in [1.54, 1.807) is 13.8 Å². The number of aromatic nitrogens is 3. The number of pyridine rings is 1. The van der Waals surface area contributed by atoms with Gasteiger partial charge in [-0.15, -0.1) is 0 Å². The van der Waals surface area contributed by atoms with E-state index in [0.717, 1.165) is 57.5 Å². The van der Waals surface area contributed by atoms with E-state index >= 15 is 0 Å². The second-order valence-corrected chi connectivity index (χ2v) is 15.2. The molecule has 0 fully saturated rings. The maximum atomic E-state index is 13.6. The van der Waals surface area contributed by atoms with Gasteiger partial charge in [0.2, 0.25) is 17.7 Å². The summed E-state index contributed by atoms with van der Waals surface area (Å²) >= 11 is 0. The Morgan fingerprint density at radius 2 is 1.53 bits per heavy atom. The van der Waals surface area contributed by atoms with E-state index in [-0.39, 0.29) is 56.1 Å². The topological polar surface area (TPSA) is 237 Å². The molecule has 59 heavy (non-hydrogen) atoms. The molecule has 0 radical (unpaired) electrons.